The molecule has 0 aromatic heterocycles. The Morgan fingerprint density at radius 2 is 1.93 bits per heavy atom. The quantitative estimate of drug-likeness (QED) is 0.831. The minimum atomic E-state index is -4.34. The molecule has 1 nitrogen and oxygen atoms in total. The summed E-state index contributed by atoms with van der Waals surface area (Å²) in [6.07, 6.45) is -4.34. The van der Waals surface area contributed by atoms with Crippen LogP contribution in [-0.2, 0) is 12.7 Å². The van der Waals surface area contributed by atoms with Gasteiger partial charge in [0.05, 0.1) is 5.56 Å². The van der Waals surface area contributed by atoms with E-state index in [1.807, 2.05) is 0 Å². The van der Waals surface area contributed by atoms with Crippen LogP contribution >= 0.6 is 15.9 Å². The molecule has 1 rings (SSSR count). The van der Waals surface area contributed by atoms with E-state index in [0.29, 0.717) is 4.47 Å². The van der Waals surface area contributed by atoms with E-state index in [-0.39, 0.29) is 12.1 Å². The highest BCUT2D eigenvalue weighted by molar-refractivity contribution is 9.10. The van der Waals surface area contributed by atoms with Crippen LogP contribution in [0.2, 0.25) is 0 Å². The predicted molar refractivity (Wildman–Crippen MR) is 51.8 cm³/mol. The number of halogens is 4. The Kier molecular flexibility index (Phi) is 3.21. The second-order valence-electron chi connectivity index (χ2n) is 2.96. The maximum atomic E-state index is 12.5. The van der Waals surface area contributed by atoms with Gasteiger partial charge in [-0.15, -0.1) is 0 Å². The Morgan fingerprint density at radius 1 is 1.36 bits per heavy atom. The third kappa shape index (κ3) is 2.27. The van der Waals surface area contributed by atoms with Gasteiger partial charge in [-0.3, -0.25) is 0 Å². The summed E-state index contributed by atoms with van der Waals surface area (Å²) in [6.45, 7) is 1.62. The number of benzene rings is 1. The zero-order chi connectivity index (χ0) is 10.9. The van der Waals surface area contributed by atoms with E-state index in [9.17, 15) is 13.2 Å². The molecule has 14 heavy (non-hydrogen) atoms. The number of nitrogens with two attached hydrogens (primary N) is 1. The fourth-order valence-electron chi connectivity index (χ4n) is 1.17. The molecule has 0 aliphatic heterocycles. The van der Waals surface area contributed by atoms with Gasteiger partial charge in [0, 0.05) is 11.0 Å². The Labute approximate surface area is 88.2 Å². The summed E-state index contributed by atoms with van der Waals surface area (Å²) in [4.78, 5) is 0. The van der Waals surface area contributed by atoms with Gasteiger partial charge in [-0.05, 0) is 24.1 Å². The number of alkyl halides is 3. The highest BCUT2D eigenvalue weighted by Crippen LogP contribution is 2.34. The molecule has 0 spiro atoms. The maximum absolute atomic E-state index is 12.5. The third-order valence-electron chi connectivity index (χ3n) is 1.91. The van der Waals surface area contributed by atoms with Gasteiger partial charge in [0.25, 0.3) is 0 Å². The van der Waals surface area contributed by atoms with Crippen molar-refractivity contribution in [2.24, 2.45) is 5.73 Å². The second kappa shape index (κ2) is 3.90. The molecule has 0 heterocycles. The van der Waals surface area contributed by atoms with E-state index in [1.165, 1.54) is 6.07 Å². The van der Waals surface area contributed by atoms with Crippen LogP contribution in [-0.4, -0.2) is 0 Å². The van der Waals surface area contributed by atoms with Crippen molar-refractivity contribution in [2.45, 2.75) is 19.6 Å². The molecular formula is C9H9BrF3N. The van der Waals surface area contributed by atoms with Crippen LogP contribution in [0.3, 0.4) is 0 Å². The molecule has 0 unspecified atom stereocenters. The van der Waals surface area contributed by atoms with Crippen LogP contribution in [0, 0.1) is 6.92 Å². The summed E-state index contributed by atoms with van der Waals surface area (Å²) in [6, 6.07) is 2.52. The van der Waals surface area contributed by atoms with Crippen molar-refractivity contribution in [1.82, 2.24) is 0 Å². The normalized spacial score (nSPS) is 11.9. The first-order valence-electron chi connectivity index (χ1n) is 3.92. The lowest BCUT2D eigenvalue weighted by molar-refractivity contribution is -0.138. The van der Waals surface area contributed by atoms with Gasteiger partial charge in [0.2, 0.25) is 0 Å². The van der Waals surface area contributed by atoms with Crippen LogP contribution in [0.15, 0.2) is 16.6 Å². The molecule has 0 amide bonds. The number of hydrogen-bond acceptors (Lipinski definition) is 1. The Balaban J connectivity index is 3.35. The van der Waals surface area contributed by atoms with Crippen LogP contribution in [0.25, 0.3) is 0 Å². The smallest absolute Gasteiger partial charge is 0.326 e. The lowest BCUT2D eigenvalue weighted by Crippen LogP contribution is -2.12. The number of aryl methyl sites for hydroxylation is 1. The zero-order valence-corrected chi connectivity index (χ0v) is 9.04. The van der Waals surface area contributed by atoms with Crippen molar-refractivity contribution >= 4 is 15.9 Å². The predicted octanol–water partition coefficient (Wildman–Crippen LogP) is 3.24. The first kappa shape index (κ1) is 11.5. The standard InChI is InChI=1S/C9H9BrF3N/c1-5-2-6(4-14)7(3-8(5)10)9(11,12)13/h2-3H,4,14H2,1H3. The van der Waals surface area contributed by atoms with Gasteiger partial charge in [-0.2, -0.15) is 13.2 Å². The maximum Gasteiger partial charge on any atom is 0.416 e. The Hall–Kier alpha value is -0.550. The SMILES string of the molecule is Cc1cc(CN)c(C(F)(F)F)cc1Br. The van der Waals surface area contributed by atoms with E-state index in [1.54, 1.807) is 6.92 Å². The minimum Gasteiger partial charge on any atom is -0.326 e. The summed E-state index contributed by atoms with van der Waals surface area (Å²) < 4.78 is 37.9. The molecule has 0 bridgehead atoms. The molecule has 2 N–H and O–H groups in total. The van der Waals surface area contributed by atoms with E-state index < -0.39 is 11.7 Å². The molecule has 0 aliphatic carbocycles. The molecule has 0 fully saturated rings. The lowest BCUT2D eigenvalue weighted by Gasteiger charge is -2.13. The molecule has 1 aromatic rings. The van der Waals surface area contributed by atoms with Crippen molar-refractivity contribution in [3.8, 4) is 0 Å². The van der Waals surface area contributed by atoms with Gasteiger partial charge in [0.1, 0.15) is 0 Å². The van der Waals surface area contributed by atoms with Gasteiger partial charge in [-0.1, -0.05) is 22.0 Å². The molecule has 0 aliphatic rings. The average Bonchev–Trinajstić information content (AvgIpc) is 2.07. The van der Waals surface area contributed by atoms with Gasteiger partial charge < -0.3 is 5.73 Å². The van der Waals surface area contributed by atoms with Crippen LogP contribution in [0.1, 0.15) is 16.7 Å². The highest BCUT2D eigenvalue weighted by atomic mass is 79.9. The Morgan fingerprint density at radius 3 is 2.36 bits per heavy atom. The number of rotatable bonds is 1. The molecular weight excluding hydrogens is 259 g/mol. The monoisotopic (exact) mass is 267 g/mol. The summed E-state index contributed by atoms with van der Waals surface area (Å²) in [5, 5.41) is 0. The van der Waals surface area contributed by atoms with Crippen molar-refractivity contribution in [3.63, 3.8) is 0 Å². The molecule has 78 valence electrons. The van der Waals surface area contributed by atoms with E-state index in [0.717, 1.165) is 11.6 Å². The largest absolute Gasteiger partial charge is 0.416 e. The van der Waals surface area contributed by atoms with Crippen molar-refractivity contribution < 1.29 is 13.2 Å². The first-order chi connectivity index (χ1) is 6.36. The number of hydrogen-bond donors (Lipinski definition) is 1. The molecule has 0 saturated carbocycles. The van der Waals surface area contributed by atoms with E-state index in [2.05, 4.69) is 15.9 Å². The fraction of sp³-hybridized carbons (Fsp3) is 0.333. The second-order valence-corrected chi connectivity index (χ2v) is 3.81. The first-order valence-corrected chi connectivity index (χ1v) is 4.72. The lowest BCUT2D eigenvalue weighted by atomic mass is 10.0. The zero-order valence-electron chi connectivity index (χ0n) is 7.45. The Bertz CT molecular complexity index is 347. The van der Waals surface area contributed by atoms with Gasteiger partial charge in [0.15, 0.2) is 0 Å². The molecule has 0 radical (unpaired) electrons. The van der Waals surface area contributed by atoms with Crippen molar-refractivity contribution in [1.29, 1.82) is 0 Å². The highest BCUT2D eigenvalue weighted by Gasteiger charge is 2.33. The summed E-state index contributed by atoms with van der Waals surface area (Å²) in [5.41, 5.74) is 5.45. The van der Waals surface area contributed by atoms with Gasteiger partial charge in [-0.25, -0.2) is 0 Å². The van der Waals surface area contributed by atoms with E-state index in [4.69, 9.17) is 5.73 Å². The third-order valence-corrected chi connectivity index (χ3v) is 2.76. The topological polar surface area (TPSA) is 26.0 Å². The average molecular weight is 268 g/mol. The molecule has 0 saturated heterocycles. The molecule has 0 atom stereocenters. The van der Waals surface area contributed by atoms with E-state index >= 15 is 0 Å². The molecule has 1 aromatic carbocycles. The molecule has 5 heteroatoms. The van der Waals surface area contributed by atoms with Gasteiger partial charge >= 0.3 is 6.18 Å². The van der Waals surface area contributed by atoms with Crippen molar-refractivity contribution in [3.05, 3.63) is 33.3 Å². The van der Waals surface area contributed by atoms with Crippen LogP contribution in [0.4, 0.5) is 13.2 Å². The van der Waals surface area contributed by atoms with Crippen molar-refractivity contribution in [2.75, 3.05) is 0 Å². The fourth-order valence-corrected chi connectivity index (χ4v) is 1.52. The van der Waals surface area contributed by atoms with Crippen LogP contribution in [0.5, 0.6) is 0 Å². The summed E-state index contributed by atoms with van der Waals surface area (Å²) >= 11 is 3.06. The minimum absolute atomic E-state index is 0.108. The summed E-state index contributed by atoms with van der Waals surface area (Å²) in [5.74, 6) is 0. The summed E-state index contributed by atoms with van der Waals surface area (Å²) in [7, 11) is 0. The van der Waals surface area contributed by atoms with Crippen LogP contribution < -0.4 is 5.73 Å².